The van der Waals surface area contributed by atoms with Crippen LogP contribution < -0.4 is 4.74 Å². The van der Waals surface area contributed by atoms with Crippen molar-refractivity contribution in [1.82, 2.24) is 29.3 Å². The second-order valence-corrected chi connectivity index (χ2v) is 6.10. The molecule has 0 saturated heterocycles. The lowest BCUT2D eigenvalue weighted by Crippen LogP contribution is -2.07. The van der Waals surface area contributed by atoms with Crippen LogP contribution in [0.1, 0.15) is 5.82 Å². The van der Waals surface area contributed by atoms with Gasteiger partial charge in [-0.15, -0.1) is 10.2 Å². The number of rotatable bonds is 3. The van der Waals surface area contributed by atoms with E-state index in [9.17, 15) is 13.2 Å². The largest absolute Gasteiger partial charge is 0.495 e. The topological polar surface area (TPSA) is 73.6 Å². The molecule has 0 atom stereocenters. The first kappa shape index (κ1) is 17.4. The first-order valence-corrected chi connectivity index (χ1v) is 8.04. The van der Waals surface area contributed by atoms with E-state index in [2.05, 4.69) is 20.2 Å². The Morgan fingerprint density at radius 2 is 2.00 bits per heavy atom. The molecule has 140 valence electrons. The molecule has 27 heavy (non-hydrogen) atoms. The van der Waals surface area contributed by atoms with Gasteiger partial charge in [-0.1, -0.05) is 11.6 Å². The van der Waals surface area contributed by atoms with Crippen molar-refractivity contribution in [3.05, 3.63) is 41.7 Å². The quantitative estimate of drug-likeness (QED) is 0.571. The third-order valence-electron chi connectivity index (χ3n) is 4.20. The number of ether oxygens (including phenoxy) is 1. The van der Waals surface area contributed by atoms with Crippen LogP contribution in [0.3, 0.4) is 0 Å². The number of hydrogen-bond donors (Lipinski definition) is 1. The molecule has 0 aliphatic rings. The van der Waals surface area contributed by atoms with Crippen LogP contribution in [0.4, 0.5) is 13.2 Å². The van der Waals surface area contributed by atoms with Crippen molar-refractivity contribution in [2.24, 2.45) is 7.05 Å². The average Bonchev–Trinajstić information content (AvgIpc) is 3.33. The number of nitrogens with zero attached hydrogens (tertiary/aromatic N) is 5. The van der Waals surface area contributed by atoms with Gasteiger partial charge in [-0.3, -0.25) is 0 Å². The van der Waals surface area contributed by atoms with E-state index in [4.69, 9.17) is 16.3 Å². The fraction of sp³-hybridized carbons (Fsp3) is 0.188. The van der Waals surface area contributed by atoms with Crippen molar-refractivity contribution in [3.63, 3.8) is 0 Å². The Morgan fingerprint density at radius 1 is 1.22 bits per heavy atom. The number of H-pyrrole nitrogens is 1. The number of methoxy groups -OCH3 is 1. The maximum absolute atomic E-state index is 13.0. The van der Waals surface area contributed by atoms with Crippen molar-refractivity contribution >= 4 is 22.5 Å². The molecule has 0 fully saturated rings. The summed E-state index contributed by atoms with van der Waals surface area (Å²) in [5.74, 6) is -0.779. The number of halogens is 4. The van der Waals surface area contributed by atoms with E-state index in [0.29, 0.717) is 33.1 Å². The zero-order chi connectivity index (χ0) is 19.3. The van der Waals surface area contributed by atoms with E-state index in [0.717, 1.165) is 0 Å². The fourth-order valence-electron chi connectivity index (χ4n) is 3.02. The third kappa shape index (κ3) is 2.64. The highest BCUT2D eigenvalue weighted by atomic mass is 35.5. The Kier molecular flexibility index (Phi) is 3.88. The van der Waals surface area contributed by atoms with Gasteiger partial charge in [0, 0.05) is 24.8 Å². The van der Waals surface area contributed by atoms with E-state index in [1.807, 2.05) is 0 Å². The number of fused-ring (bicyclic) bond motifs is 1. The zero-order valence-corrected chi connectivity index (χ0v) is 14.8. The lowest BCUT2D eigenvalue weighted by molar-refractivity contribution is -0.144. The molecule has 0 radical (unpaired) electrons. The standard InChI is InChI=1S/C16H12ClF3N6O/c1-25-8-3-4-9(27-2)11(17)10(8)12(26-6-5-21-7-26)13(25)14-22-15(24-23-14)16(18,19)20/h3-7H,1-2H3,(H,22,23,24). The van der Waals surface area contributed by atoms with Gasteiger partial charge in [-0.25, -0.2) is 4.98 Å². The lowest BCUT2D eigenvalue weighted by Gasteiger charge is -2.07. The summed E-state index contributed by atoms with van der Waals surface area (Å²) in [6.45, 7) is 0. The molecular weight excluding hydrogens is 385 g/mol. The molecule has 0 aliphatic carbocycles. The van der Waals surface area contributed by atoms with E-state index < -0.39 is 12.0 Å². The highest BCUT2D eigenvalue weighted by molar-refractivity contribution is 6.38. The van der Waals surface area contributed by atoms with Crippen molar-refractivity contribution in [2.45, 2.75) is 6.18 Å². The molecule has 1 N–H and O–H groups in total. The van der Waals surface area contributed by atoms with E-state index >= 15 is 0 Å². The SMILES string of the molecule is COc1ccc2c(c1Cl)c(-n1ccnc1)c(-c1nnc(C(F)(F)F)[nH]1)n2C. The molecule has 4 rings (SSSR count). The minimum Gasteiger partial charge on any atom is -0.495 e. The van der Waals surface area contributed by atoms with Crippen LogP contribution in [0, 0.1) is 0 Å². The summed E-state index contributed by atoms with van der Waals surface area (Å²) >= 11 is 6.52. The maximum Gasteiger partial charge on any atom is 0.451 e. The minimum absolute atomic E-state index is 0.0419. The van der Waals surface area contributed by atoms with Gasteiger partial charge in [-0.2, -0.15) is 13.2 Å². The summed E-state index contributed by atoms with van der Waals surface area (Å²) in [7, 11) is 3.19. The molecule has 7 nitrogen and oxygen atoms in total. The predicted molar refractivity (Wildman–Crippen MR) is 92.0 cm³/mol. The van der Waals surface area contributed by atoms with Crippen molar-refractivity contribution in [1.29, 1.82) is 0 Å². The molecule has 0 saturated carbocycles. The Morgan fingerprint density at radius 3 is 2.59 bits per heavy atom. The molecule has 11 heteroatoms. The number of imidazole rings is 1. The first-order chi connectivity index (χ1) is 12.8. The van der Waals surface area contributed by atoms with Crippen LogP contribution >= 0.6 is 11.6 Å². The van der Waals surface area contributed by atoms with Crippen LogP contribution in [0.5, 0.6) is 5.75 Å². The van der Waals surface area contributed by atoms with Crippen molar-refractivity contribution in [2.75, 3.05) is 7.11 Å². The Bertz CT molecular complexity index is 1130. The van der Waals surface area contributed by atoms with Gasteiger partial charge in [0.1, 0.15) is 11.4 Å². The second kappa shape index (κ2) is 6.02. The van der Waals surface area contributed by atoms with E-state index in [-0.39, 0.29) is 5.82 Å². The number of nitrogens with one attached hydrogen (secondary N) is 1. The van der Waals surface area contributed by atoms with Crippen molar-refractivity contribution in [3.8, 4) is 23.0 Å². The van der Waals surface area contributed by atoms with Crippen molar-refractivity contribution < 1.29 is 17.9 Å². The van der Waals surface area contributed by atoms with Crippen LogP contribution in [0.25, 0.3) is 28.1 Å². The Hall–Kier alpha value is -3.01. The Balaban J connectivity index is 2.09. The van der Waals surface area contributed by atoms with Crippen LogP contribution in [-0.4, -0.2) is 36.4 Å². The number of aromatic amines is 1. The molecule has 0 bridgehead atoms. The van der Waals surface area contributed by atoms with Crippen LogP contribution in [0.2, 0.25) is 5.02 Å². The summed E-state index contributed by atoms with van der Waals surface area (Å²) in [5.41, 5.74) is 1.57. The molecule has 0 spiro atoms. The smallest absolute Gasteiger partial charge is 0.451 e. The van der Waals surface area contributed by atoms with Gasteiger partial charge in [-0.05, 0) is 12.1 Å². The van der Waals surface area contributed by atoms with E-state index in [1.54, 1.807) is 40.7 Å². The number of aryl methyl sites for hydroxylation is 1. The summed E-state index contributed by atoms with van der Waals surface area (Å²) in [6.07, 6.45) is 0.105. The van der Waals surface area contributed by atoms with Gasteiger partial charge >= 0.3 is 6.18 Å². The molecular formula is C16H12ClF3N6O. The highest BCUT2D eigenvalue weighted by Crippen LogP contribution is 2.42. The van der Waals surface area contributed by atoms with Gasteiger partial charge in [0.25, 0.3) is 0 Å². The fourth-order valence-corrected chi connectivity index (χ4v) is 3.34. The number of alkyl halides is 3. The molecule has 0 aliphatic heterocycles. The summed E-state index contributed by atoms with van der Waals surface area (Å²) in [6, 6.07) is 3.46. The van der Waals surface area contributed by atoms with Gasteiger partial charge in [0.05, 0.1) is 29.7 Å². The third-order valence-corrected chi connectivity index (χ3v) is 4.58. The molecule has 0 amide bonds. The summed E-state index contributed by atoms with van der Waals surface area (Å²) in [5, 5.41) is 7.85. The van der Waals surface area contributed by atoms with Crippen LogP contribution in [0.15, 0.2) is 30.9 Å². The van der Waals surface area contributed by atoms with Gasteiger partial charge in [0.15, 0.2) is 5.82 Å². The second-order valence-electron chi connectivity index (χ2n) is 5.72. The van der Waals surface area contributed by atoms with Gasteiger partial charge < -0.3 is 18.9 Å². The molecule has 3 aromatic heterocycles. The lowest BCUT2D eigenvalue weighted by atomic mass is 10.2. The Labute approximate surface area is 155 Å². The molecule has 0 unspecified atom stereocenters. The number of benzene rings is 1. The average molecular weight is 397 g/mol. The molecule has 3 heterocycles. The maximum atomic E-state index is 13.0. The molecule has 4 aromatic rings. The summed E-state index contributed by atoms with van der Waals surface area (Å²) < 4.78 is 47.5. The van der Waals surface area contributed by atoms with Crippen LogP contribution in [-0.2, 0) is 13.2 Å². The first-order valence-electron chi connectivity index (χ1n) is 7.66. The number of hydrogen-bond acceptors (Lipinski definition) is 4. The van der Waals surface area contributed by atoms with Gasteiger partial charge in [0.2, 0.25) is 5.82 Å². The number of aromatic nitrogens is 6. The highest BCUT2D eigenvalue weighted by Gasteiger charge is 2.36. The predicted octanol–water partition coefficient (Wildman–Crippen LogP) is 3.83. The monoisotopic (exact) mass is 396 g/mol. The zero-order valence-electron chi connectivity index (χ0n) is 14.0. The minimum atomic E-state index is -4.63. The molecule has 1 aromatic carbocycles. The van der Waals surface area contributed by atoms with E-state index in [1.165, 1.54) is 13.4 Å². The summed E-state index contributed by atoms with van der Waals surface area (Å²) in [4.78, 5) is 6.26. The normalized spacial score (nSPS) is 12.1.